The van der Waals surface area contributed by atoms with Crippen LogP contribution in [0, 0.1) is 5.82 Å². The van der Waals surface area contributed by atoms with Crippen molar-refractivity contribution in [1.29, 1.82) is 0 Å². The van der Waals surface area contributed by atoms with E-state index in [-0.39, 0.29) is 18.6 Å². The highest BCUT2D eigenvalue weighted by Crippen LogP contribution is 2.07. The Morgan fingerprint density at radius 2 is 2.05 bits per heavy atom. The molecule has 1 aromatic carbocycles. The van der Waals surface area contributed by atoms with Gasteiger partial charge in [-0.05, 0) is 25.5 Å². The molecule has 0 spiro atoms. The molecule has 0 radical (unpaired) electrons. The Labute approximate surface area is 127 Å². The fourth-order valence-electron chi connectivity index (χ4n) is 1.62. The summed E-state index contributed by atoms with van der Waals surface area (Å²) in [7, 11) is 0. The molecular formula is C15H17FN2O4. The second-order valence-electron chi connectivity index (χ2n) is 4.30. The van der Waals surface area contributed by atoms with Gasteiger partial charge >= 0.3 is 5.97 Å². The first kappa shape index (κ1) is 17.4. The number of amides is 2. The number of nitrogens with one attached hydrogen (secondary N) is 1. The fraction of sp³-hybridized carbons (Fsp3) is 0.267. The third-order valence-electron chi connectivity index (χ3n) is 2.68. The number of carbonyl (C=O) groups excluding carboxylic acids is 3. The van der Waals surface area contributed by atoms with Gasteiger partial charge in [-0.2, -0.15) is 0 Å². The van der Waals surface area contributed by atoms with Gasteiger partial charge in [0.05, 0.1) is 12.2 Å². The summed E-state index contributed by atoms with van der Waals surface area (Å²) in [4.78, 5) is 34.3. The number of nitrogens with two attached hydrogens (primary N) is 1. The lowest BCUT2D eigenvalue weighted by Crippen LogP contribution is -2.44. The van der Waals surface area contributed by atoms with Crippen LogP contribution in [-0.2, 0) is 14.3 Å². The van der Waals surface area contributed by atoms with Gasteiger partial charge in [-0.15, -0.1) is 0 Å². The summed E-state index contributed by atoms with van der Waals surface area (Å²) in [6.45, 7) is 1.89. The van der Waals surface area contributed by atoms with E-state index in [0.717, 1.165) is 12.1 Å². The maximum Gasteiger partial charge on any atom is 0.330 e. The van der Waals surface area contributed by atoms with E-state index < -0.39 is 29.6 Å². The van der Waals surface area contributed by atoms with Gasteiger partial charge in [0.25, 0.3) is 5.91 Å². The lowest BCUT2D eigenvalue weighted by Gasteiger charge is -2.13. The molecule has 0 aliphatic carbocycles. The Hall–Kier alpha value is -2.70. The highest BCUT2D eigenvalue weighted by Gasteiger charge is 2.19. The maximum absolute atomic E-state index is 13.5. The predicted molar refractivity (Wildman–Crippen MR) is 77.2 cm³/mol. The van der Waals surface area contributed by atoms with Crippen molar-refractivity contribution in [3.05, 3.63) is 47.8 Å². The molecule has 1 atom stereocenters. The van der Waals surface area contributed by atoms with Crippen LogP contribution in [0.15, 0.2) is 36.4 Å². The molecule has 0 aromatic heterocycles. The lowest BCUT2D eigenvalue weighted by atomic mass is 10.1. The zero-order chi connectivity index (χ0) is 16.5. The molecule has 1 aromatic rings. The van der Waals surface area contributed by atoms with Gasteiger partial charge < -0.3 is 15.8 Å². The van der Waals surface area contributed by atoms with Gasteiger partial charge in [0.15, 0.2) is 0 Å². The number of hydrogen-bond acceptors (Lipinski definition) is 4. The van der Waals surface area contributed by atoms with Crippen molar-refractivity contribution in [2.75, 3.05) is 6.61 Å². The van der Waals surface area contributed by atoms with Crippen molar-refractivity contribution < 1.29 is 23.5 Å². The molecule has 7 heteroatoms. The highest BCUT2D eigenvalue weighted by atomic mass is 19.1. The van der Waals surface area contributed by atoms with Crippen molar-refractivity contribution in [3.63, 3.8) is 0 Å². The second kappa shape index (κ2) is 8.56. The summed E-state index contributed by atoms with van der Waals surface area (Å²) < 4.78 is 18.2. The average molecular weight is 308 g/mol. The first-order valence-corrected chi connectivity index (χ1v) is 6.63. The first-order chi connectivity index (χ1) is 10.5. The molecule has 22 heavy (non-hydrogen) atoms. The summed E-state index contributed by atoms with van der Waals surface area (Å²) in [5, 5.41) is 2.32. The predicted octanol–water partition coefficient (Wildman–Crippen LogP) is 0.919. The molecule has 0 unspecified atom stereocenters. The van der Waals surface area contributed by atoms with Crippen molar-refractivity contribution in [2.45, 2.75) is 19.4 Å². The van der Waals surface area contributed by atoms with E-state index in [4.69, 9.17) is 5.73 Å². The minimum absolute atomic E-state index is 0.00561. The molecule has 0 aliphatic heterocycles. The molecule has 0 bridgehead atoms. The number of hydrogen-bond donors (Lipinski definition) is 2. The minimum atomic E-state index is -1.06. The van der Waals surface area contributed by atoms with Crippen LogP contribution in [0.2, 0.25) is 0 Å². The van der Waals surface area contributed by atoms with Crippen LogP contribution in [0.25, 0.3) is 0 Å². The summed E-state index contributed by atoms with van der Waals surface area (Å²) in [6, 6.07) is 4.31. The minimum Gasteiger partial charge on any atom is -0.463 e. The van der Waals surface area contributed by atoms with Crippen molar-refractivity contribution in [3.8, 4) is 0 Å². The molecule has 1 rings (SSSR count). The van der Waals surface area contributed by atoms with E-state index in [1.165, 1.54) is 24.3 Å². The van der Waals surface area contributed by atoms with Crippen LogP contribution in [-0.4, -0.2) is 30.4 Å². The number of carbonyl (C=O) groups is 3. The zero-order valence-corrected chi connectivity index (χ0v) is 12.0. The zero-order valence-electron chi connectivity index (χ0n) is 12.0. The Morgan fingerprint density at radius 3 is 2.64 bits per heavy atom. The smallest absolute Gasteiger partial charge is 0.330 e. The van der Waals surface area contributed by atoms with Crippen molar-refractivity contribution in [1.82, 2.24) is 5.32 Å². The Kier molecular flexibility index (Phi) is 6.75. The number of halogens is 1. The molecule has 0 aliphatic rings. The van der Waals surface area contributed by atoms with Crippen molar-refractivity contribution >= 4 is 17.8 Å². The number of ether oxygens (including phenoxy) is 1. The molecule has 0 fully saturated rings. The number of esters is 1. The standard InChI is InChI=1S/C15H17FN2O4/c1-2-22-13(19)9-5-8-12(14(17)20)18-15(21)10-6-3-4-7-11(10)16/h3-7,9,12H,2,8H2,1H3,(H2,17,20)(H,18,21)/b9-5+/t12-/m1/s1. The summed E-state index contributed by atoms with van der Waals surface area (Å²) in [5.74, 6) is -2.82. The third kappa shape index (κ3) is 5.35. The van der Waals surface area contributed by atoms with Crippen LogP contribution in [0.1, 0.15) is 23.7 Å². The van der Waals surface area contributed by atoms with Crippen LogP contribution in [0.3, 0.4) is 0 Å². The topological polar surface area (TPSA) is 98.5 Å². The van der Waals surface area contributed by atoms with Gasteiger partial charge in [0.1, 0.15) is 11.9 Å². The van der Waals surface area contributed by atoms with E-state index in [1.54, 1.807) is 6.92 Å². The fourth-order valence-corrected chi connectivity index (χ4v) is 1.62. The summed E-state index contributed by atoms with van der Waals surface area (Å²) in [6.07, 6.45) is 2.48. The molecular weight excluding hydrogens is 291 g/mol. The van der Waals surface area contributed by atoms with Gasteiger partial charge in [-0.25, -0.2) is 9.18 Å². The van der Waals surface area contributed by atoms with Gasteiger partial charge in [0.2, 0.25) is 5.91 Å². The van der Waals surface area contributed by atoms with Crippen molar-refractivity contribution in [2.24, 2.45) is 5.73 Å². The van der Waals surface area contributed by atoms with Gasteiger partial charge in [0, 0.05) is 6.08 Å². The van der Waals surface area contributed by atoms with E-state index >= 15 is 0 Å². The summed E-state index contributed by atoms with van der Waals surface area (Å²) in [5.41, 5.74) is 4.99. The molecule has 3 N–H and O–H groups in total. The molecule has 118 valence electrons. The number of benzene rings is 1. The maximum atomic E-state index is 13.5. The Balaban J connectivity index is 2.69. The third-order valence-corrected chi connectivity index (χ3v) is 2.68. The highest BCUT2D eigenvalue weighted by molar-refractivity contribution is 5.97. The Morgan fingerprint density at radius 1 is 1.36 bits per heavy atom. The van der Waals surface area contributed by atoms with E-state index in [2.05, 4.69) is 10.1 Å². The van der Waals surface area contributed by atoms with E-state index in [0.29, 0.717) is 0 Å². The molecule has 6 nitrogen and oxygen atoms in total. The van der Waals surface area contributed by atoms with Crippen LogP contribution in [0.5, 0.6) is 0 Å². The monoisotopic (exact) mass is 308 g/mol. The Bertz CT molecular complexity index is 587. The van der Waals surface area contributed by atoms with E-state index in [9.17, 15) is 18.8 Å². The quantitative estimate of drug-likeness (QED) is 0.578. The molecule has 2 amide bonds. The van der Waals surface area contributed by atoms with Gasteiger partial charge in [-0.3, -0.25) is 9.59 Å². The van der Waals surface area contributed by atoms with Crippen LogP contribution >= 0.6 is 0 Å². The SMILES string of the molecule is CCOC(=O)/C=C/C[C@@H](NC(=O)c1ccccc1F)C(N)=O. The number of primary amides is 1. The second-order valence-corrected chi connectivity index (χ2v) is 4.30. The largest absolute Gasteiger partial charge is 0.463 e. The molecule has 0 heterocycles. The van der Waals surface area contributed by atoms with Crippen LogP contribution < -0.4 is 11.1 Å². The number of rotatable bonds is 7. The average Bonchev–Trinajstić information content (AvgIpc) is 2.46. The van der Waals surface area contributed by atoms with Crippen LogP contribution in [0.4, 0.5) is 4.39 Å². The lowest BCUT2D eigenvalue weighted by molar-refractivity contribution is -0.137. The molecule has 0 saturated carbocycles. The summed E-state index contributed by atoms with van der Waals surface area (Å²) >= 11 is 0. The van der Waals surface area contributed by atoms with Gasteiger partial charge in [-0.1, -0.05) is 18.2 Å². The molecule has 0 saturated heterocycles. The first-order valence-electron chi connectivity index (χ1n) is 6.63. The van der Waals surface area contributed by atoms with E-state index in [1.807, 2.05) is 0 Å². The normalized spacial score (nSPS) is 11.9.